The summed E-state index contributed by atoms with van der Waals surface area (Å²) in [4.78, 5) is 17.0. The van der Waals surface area contributed by atoms with Crippen molar-refractivity contribution in [3.8, 4) is 0 Å². The smallest absolute Gasteiger partial charge is 0.109 e. The van der Waals surface area contributed by atoms with Gasteiger partial charge in [-0.2, -0.15) is 0 Å². The highest BCUT2D eigenvalue weighted by atomic mass is 15.0. The van der Waals surface area contributed by atoms with E-state index in [9.17, 15) is 0 Å². The van der Waals surface area contributed by atoms with E-state index in [1.165, 1.54) is 57.9 Å². The lowest BCUT2D eigenvalue weighted by atomic mass is 9.79. The van der Waals surface area contributed by atoms with Gasteiger partial charge in [-0.15, -0.1) is 0 Å². The third-order valence-corrected chi connectivity index (χ3v) is 9.00. The number of rotatable bonds is 2. The summed E-state index contributed by atoms with van der Waals surface area (Å²) in [5, 5.41) is 0. The molecule has 4 heteroatoms. The molecule has 2 heterocycles. The zero-order chi connectivity index (χ0) is 33.8. The van der Waals surface area contributed by atoms with Crippen molar-refractivity contribution >= 4 is 0 Å². The zero-order valence-corrected chi connectivity index (χ0v) is 31.1. The topological polar surface area (TPSA) is 57.4 Å². The van der Waals surface area contributed by atoms with Crippen LogP contribution in [0, 0.1) is 11.8 Å². The SMILES string of the molecule is CC(C)C.CC(C)C.CC(C)c1nc2c([nH]1)CCc1ccccc1C2(C)C.CC(C)c1nc2c([nH]1)CCc1ccccc1C21CC1. The molecular formula is C42H62N4. The fourth-order valence-electron chi connectivity index (χ4n) is 6.64. The van der Waals surface area contributed by atoms with Crippen LogP contribution in [-0.4, -0.2) is 19.9 Å². The van der Waals surface area contributed by atoms with Crippen LogP contribution in [0.2, 0.25) is 0 Å². The highest BCUT2D eigenvalue weighted by molar-refractivity contribution is 5.50. The molecule has 1 fully saturated rings. The highest BCUT2D eigenvalue weighted by Gasteiger charge is 2.51. The third-order valence-electron chi connectivity index (χ3n) is 9.00. The molecule has 0 atom stereocenters. The van der Waals surface area contributed by atoms with E-state index in [1.54, 1.807) is 0 Å². The highest BCUT2D eigenvalue weighted by Crippen LogP contribution is 2.56. The van der Waals surface area contributed by atoms with Gasteiger partial charge in [-0.1, -0.05) is 132 Å². The van der Waals surface area contributed by atoms with Crippen LogP contribution >= 0.6 is 0 Å². The molecule has 1 saturated carbocycles. The van der Waals surface area contributed by atoms with Gasteiger partial charge in [0.15, 0.2) is 0 Å². The fraction of sp³-hybridized carbons (Fsp3) is 0.571. The van der Waals surface area contributed by atoms with E-state index in [2.05, 4.69) is 142 Å². The molecule has 0 saturated heterocycles. The average Bonchev–Trinajstić information content (AvgIpc) is 3.51. The van der Waals surface area contributed by atoms with Crippen molar-refractivity contribution in [2.75, 3.05) is 0 Å². The van der Waals surface area contributed by atoms with Gasteiger partial charge in [0.25, 0.3) is 0 Å². The molecule has 0 unspecified atom stereocenters. The number of benzene rings is 2. The Morgan fingerprint density at radius 2 is 0.935 bits per heavy atom. The number of nitrogens with one attached hydrogen (secondary N) is 2. The van der Waals surface area contributed by atoms with Crippen LogP contribution < -0.4 is 0 Å². The lowest BCUT2D eigenvalue weighted by molar-refractivity contribution is 0.612. The van der Waals surface area contributed by atoms with Gasteiger partial charge in [-0.3, -0.25) is 0 Å². The monoisotopic (exact) mass is 622 g/mol. The minimum absolute atomic E-state index is 0.00787. The second-order valence-electron chi connectivity index (χ2n) is 16.2. The van der Waals surface area contributed by atoms with E-state index >= 15 is 0 Å². The number of aromatic amines is 2. The summed E-state index contributed by atoms with van der Waals surface area (Å²) < 4.78 is 0. The second-order valence-corrected chi connectivity index (χ2v) is 16.2. The van der Waals surface area contributed by atoms with Gasteiger partial charge in [0.05, 0.1) is 11.4 Å². The molecular weight excluding hydrogens is 560 g/mol. The van der Waals surface area contributed by atoms with Crippen molar-refractivity contribution in [3.05, 3.63) is 105 Å². The molecule has 2 N–H and O–H groups in total. The zero-order valence-electron chi connectivity index (χ0n) is 31.1. The maximum Gasteiger partial charge on any atom is 0.109 e. The quantitative estimate of drug-likeness (QED) is 0.234. The molecule has 7 rings (SSSR count). The summed E-state index contributed by atoms with van der Waals surface area (Å²) >= 11 is 0. The summed E-state index contributed by atoms with van der Waals surface area (Å²) in [5.41, 5.74) is 11.5. The molecule has 0 aliphatic heterocycles. The van der Waals surface area contributed by atoms with Crippen molar-refractivity contribution < 1.29 is 0 Å². The molecule has 0 radical (unpaired) electrons. The summed E-state index contributed by atoms with van der Waals surface area (Å²) in [6.45, 7) is 26.4. The largest absolute Gasteiger partial charge is 0.345 e. The predicted molar refractivity (Wildman–Crippen MR) is 196 cm³/mol. The van der Waals surface area contributed by atoms with Crippen LogP contribution in [0.1, 0.15) is 164 Å². The number of nitrogens with zero attached hydrogens (tertiary/aromatic N) is 2. The first kappa shape index (κ1) is 35.7. The summed E-state index contributed by atoms with van der Waals surface area (Å²) in [6.07, 6.45) is 6.94. The van der Waals surface area contributed by atoms with E-state index in [1.807, 2.05) is 0 Å². The van der Waals surface area contributed by atoms with Crippen LogP contribution in [0.5, 0.6) is 0 Å². The van der Waals surface area contributed by atoms with Crippen LogP contribution in [0.4, 0.5) is 0 Å². The minimum atomic E-state index is -0.00787. The third kappa shape index (κ3) is 8.04. The molecule has 1 spiro atoms. The molecule has 3 aliphatic rings. The first-order valence-corrected chi connectivity index (χ1v) is 18.0. The predicted octanol–water partition coefficient (Wildman–Crippen LogP) is 11.0. The normalized spacial score (nSPS) is 16.4. The lowest BCUT2D eigenvalue weighted by Crippen LogP contribution is -2.21. The van der Waals surface area contributed by atoms with Gasteiger partial charge in [0.1, 0.15) is 11.6 Å². The van der Waals surface area contributed by atoms with E-state index in [0.29, 0.717) is 11.8 Å². The van der Waals surface area contributed by atoms with Gasteiger partial charge in [0, 0.05) is 34.1 Å². The molecule has 4 nitrogen and oxygen atoms in total. The number of hydrogen-bond acceptors (Lipinski definition) is 2. The molecule has 2 aromatic heterocycles. The van der Waals surface area contributed by atoms with Crippen LogP contribution in [0.3, 0.4) is 0 Å². The Labute approximate surface area is 280 Å². The molecule has 250 valence electrons. The molecule has 3 aliphatic carbocycles. The number of aromatic nitrogens is 4. The Morgan fingerprint density at radius 1 is 0.543 bits per heavy atom. The molecule has 0 bridgehead atoms. The second kappa shape index (κ2) is 14.7. The fourth-order valence-corrected chi connectivity index (χ4v) is 6.64. The van der Waals surface area contributed by atoms with Crippen molar-refractivity contribution in [2.24, 2.45) is 11.8 Å². The van der Waals surface area contributed by atoms with Crippen molar-refractivity contribution in [1.82, 2.24) is 19.9 Å². The minimum Gasteiger partial charge on any atom is -0.345 e. The first-order valence-electron chi connectivity index (χ1n) is 18.0. The maximum absolute atomic E-state index is 4.97. The average molecular weight is 623 g/mol. The van der Waals surface area contributed by atoms with Crippen LogP contribution in [0.15, 0.2) is 48.5 Å². The van der Waals surface area contributed by atoms with Gasteiger partial charge >= 0.3 is 0 Å². The van der Waals surface area contributed by atoms with E-state index in [-0.39, 0.29) is 10.8 Å². The molecule has 46 heavy (non-hydrogen) atoms. The Bertz CT molecular complexity index is 1450. The Hall–Kier alpha value is -3.14. The summed E-state index contributed by atoms with van der Waals surface area (Å²) in [5.74, 6) is 4.89. The number of hydrogen-bond donors (Lipinski definition) is 2. The Kier molecular flexibility index (Phi) is 11.4. The van der Waals surface area contributed by atoms with Crippen molar-refractivity contribution in [1.29, 1.82) is 0 Å². The van der Waals surface area contributed by atoms with Crippen LogP contribution in [-0.2, 0) is 36.5 Å². The molecule has 2 aromatic carbocycles. The lowest BCUT2D eigenvalue weighted by Gasteiger charge is -2.25. The molecule has 0 amide bonds. The van der Waals surface area contributed by atoms with Crippen LogP contribution in [0.25, 0.3) is 0 Å². The number of fused-ring (bicyclic) bond motifs is 6. The van der Waals surface area contributed by atoms with Gasteiger partial charge in [-0.25, -0.2) is 9.97 Å². The number of imidazole rings is 2. The Morgan fingerprint density at radius 3 is 1.39 bits per heavy atom. The van der Waals surface area contributed by atoms with Crippen molar-refractivity contribution in [2.45, 2.75) is 144 Å². The van der Waals surface area contributed by atoms with Crippen molar-refractivity contribution in [3.63, 3.8) is 0 Å². The Balaban J connectivity index is 0.000000170. The van der Waals surface area contributed by atoms with Gasteiger partial charge < -0.3 is 9.97 Å². The van der Waals surface area contributed by atoms with E-state index in [4.69, 9.17) is 9.97 Å². The standard InChI is InChI=1S/C17H20N2.C17H22N2.2C4H10/c1-11(2)16-18-14-8-7-12-5-3-4-6-13(12)17(9-10-17)15(14)19-16;1-11(2)16-18-14-10-9-12-7-5-6-8-13(12)17(3,4)15(14)19-16;2*1-4(2)3/h3-6,11H,7-10H2,1-2H3,(H,18,19);5-8,11H,9-10H2,1-4H3,(H,18,19);2*4H,1-3H3. The summed E-state index contributed by atoms with van der Waals surface area (Å²) in [7, 11) is 0. The van der Waals surface area contributed by atoms with E-state index < -0.39 is 0 Å². The maximum atomic E-state index is 4.97. The number of H-pyrrole nitrogens is 2. The van der Waals surface area contributed by atoms with Gasteiger partial charge in [0.2, 0.25) is 0 Å². The van der Waals surface area contributed by atoms with Gasteiger partial charge in [-0.05, 0) is 72.6 Å². The first-order chi connectivity index (χ1) is 21.7. The molecule has 4 aromatic rings. The van der Waals surface area contributed by atoms with E-state index in [0.717, 1.165) is 49.2 Å². The number of aryl methyl sites for hydroxylation is 4. The summed E-state index contributed by atoms with van der Waals surface area (Å²) in [6, 6.07) is 17.8.